The Hall–Kier alpha value is -4.24. The lowest BCUT2D eigenvalue weighted by Crippen LogP contribution is -2.13. The first-order valence-corrected chi connectivity index (χ1v) is 10.4. The molecule has 0 unspecified atom stereocenters. The number of rotatable bonds is 3. The normalized spacial score (nSPS) is 11.7. The van der Waals surface area contributed by atoms with Crippen LogP contribution in [0.15, 0.2) is 67.0 Å². The first-order valence-electron chi connectivity index (χ1n) is 10.4. The summed E-state index contributed by atoms with van der Waals surface area (Å²) in [6, 6.07) is 20.4. The van der Waals surface area contributed by atoms with Crippen molar-refractivity contribution < 1.29 is 0 Å². The van der Waals surface area contributed by atoms with Gasteiger partial charge in [0.1, 0.15) is 11.5 Å². The molecule has 0 saturated heterocycles. The van der Waals surface area contributed by atoms with Crippen LogP contribution in [-0.2, 0) is 12.5 Å². The number of nitrogens with two attached hydrogens (primary N) is 1. The summed E-state index contributed by atoms with van der Waals surface area (Å²) in [6.07, 6.45) is 3.65. The summed E-state index contributed by atoms with van der Waals surface area (Å²) in [6.45, 7) is 3.84. The van der Waals surface area contributed by atoms with Crippen LogP contribution in [0.3, 0.4) is 0 Å². The van der Waals surface area contributed by atoms with E-state index >= 15 is 0 Å². The zero-order valence-corrected chi connectivity index (χ0v) is 18.2. The van der Waals surface area contributed by atoms with Crippen LogP contribution < -0.4 is 5.73 Å². The largest absolute Gasteiger partial charge is 0.384 e. The third-order valence-corrected chi connectivity index (χ3v) is 5.96. The van der Waals surface area contributed by atoms with Crippen LogP contribution in [0.25, 0.3) is 44.2 Å². The van der Waals surface area contributed by atoms with Gasteiger partial charge in [0.25, 0.3) is 0 Å². The van der Waals surface area contributed by atoms with Crippen LogP contribution in [0.4, 0.5) is 5.82 Å². The molecule has 0 aliphatic carbocycles. The fraction of sp³-hybridized carbons (Fsp3) is 0.154. The SMILES string of the molecule is Cn1nc(-c2ccc(C(C)(C)C#N)cc2)c2c3cc(-c4ccc(N)nc4)ccc3ncc21. The van der Waals surface area contributed by atoms with Gasteiger partial charge in [-0.05, 0) is 49.2 Å². The number of benzene rings is 2. The summed E-state index contributed by atoms with van der Waals surface area (Å²) in [5.74, 6) is 0.496. The van der Waals surface area contributed by atoms with Gasteiger partial charge < -0.3 is 5.73 Å². The molecule has 5 rings (SSSR count). The van der Waals surface area contributed by atoms with E-state index in [0.717, 1.165) is 49.8 Å². The maximum absolute atomic E-state index is 9.45. The maximum Gasteiger partial charge on any atom is 0.123 e. The van der Waals surface area contributed by atoms with Crippen molar-refractivity contribution in [1.82, 2.24) is 19.7 Å². The molecule has 0 aliphatic rings. The van der Waals surface area contributed by atoms with Crippen molar-refractivity contribution in [2.45, 2.75) is 19.3 Å². The van der Waals surface area contributed by atoms with Gasteiger partial charge in [-0.15, -0.1) is 0 Å². The minimum atomic E-state index is -0.538. The Morgan fingerprint density at radius 1 is 0.906 bits per heavy atom. The molecule has 6 nitrogen and oxygen atoms in total. The van der Waals surface area contributed by atoms with Gasteiger partial charge in [-0.25, -0.2) is 4.98 Å². The van der Waals surface area contributed by atoms with E-state index in [2.05, 4.69) is 22.1 Å². The number of fused-ring (bicyclic) bond motifs is 3. The molecule has 3 aromatic heterocycles. The van der Waals surface area contributed by atoms with Gasteiger partial charge in [-0.2, -0.15) is 10.4 Å². The van der Waals surface area contributed by atoms with E-state index in [1.54, 1.807) is 12.3 Å². The van der Waals surface area contributed by atoms with Crippen molar-refractivity contribution in [3.8, 4) is 28.5 Å². The molecule has 0 radical (unpaired) electrons. The lowest BCUT2D eigenvalue weighted by atomic mass is 9.86. The summed E-state index contributed by atoms with van der Waals surface area (Å²) in [4.78, 5) is 8.88. The van der Waals surface area contributed by atoms with Crippen LogP contribution in [0.2, 0.25) is 0 Å². The van der Waals surface area contributed by atoms with Crippen LogP contribution in [0, 0.1) is 11.3 Å². The Bertz CT molecular complexity index is 1500. The molecular formula is C26H22N6. The van der Waals surface area contributed by atoms with Crippen LogP contribution >= 0.6 is 0 Å². The summed E-state index contributed by atoms with van der Waals surface area (Å²) in [5.41, 5.74) is 12.0. The van der Waals surface area contributed by atoms with E-state index in [-0.39, 0.29) is 0 Å². The van der Waals surface area contributed by atoms with Gasteiger partial charge in [0.05, 0.1) is 28.7 Å². The smallest absolute Gasteiger partial charge is 0.123 e. The molecule has 0 bridgehead atoms. The lowest BCUT2D eigenvalue weighted by Gasteiger charge is -2.15. The molecule has 0 atom stereocenters. The Balaban J connectivity index is 1.72. The van der Waals surface area contributed by atoms with Gasteiger partial charge in [0.2, 0.25) is 0 Å². The van der Waals surface area contributed by atoms with E-state index in [0.29, 0.717) is 5.82 Å². The molecule has 0 aliphatic heterocycles. The Kier molecular flexibility index (Phi) is 4.42. The predicted molar refractivity (Wildman–Crippen MR) is 128 cm³/mol. The zero-order chi connectivity index (χ0) is 22.5. The fourth-order valence-electron chi connectivity index (χ4n) is 4.00. The Labute approximate surface area is 186 Å². The molecule has 0 saturated carbocycles. The number of nitriles is 1. The third-order valence-electron chi connectivity index (χ3n) is 5.96. The maximum atomic E-state index is 9.45. The highest BCUT2D eigenvalue weighted by molar-refractivity contribution is 6.12. The second-order valence-electron chi connectivity index (χ2n) is 8.51. The van der Waals surface area contributed by atoms with Crippen molar-refractivity contribution in [3.05, 3.63) is 72.6 Å². The second-order valence-corrected chi connectivity index (χ2v) is 8.51. The average molecular weight is 419 g/mol. The molecule has 2 N–H and O–H groups in total. The van der Waals surface area contributed by atoms with Gasteiger partial charge >= 0.3 is 0 Å². The molecule has 6 heteroatoms. The highest BCUT2D eigenvalue weighted by Crippen LogP contribution is 2.35. The van der Waals surface area contributed by atoms with Crippen LogP contribution in [0.1, 0.15) is 19.4 Å². The monoisotopic (exact) mass is 418 g/mol. The molecule has 0 amide bonds. The Morgan fingerprint density at radius 2 is 1.62 bits per heavy atom. The van der Waals surface area contributed by atoms with Crippen LogP contribution in [-0.4, -0.2) is 19.7 Å². The average Bonchev–Trinajstić information content (AvgIpc) is 3.16. The number of hydrogen-bond acceptors (Lipinski definition) is 5. The standard InChI is InChI=1S/C26H22N6/c1-26(2,15-27)19-8-4-16(5-9-19)25-24-20-12-17(18-7-11-23(28)30-13-18)6-10-21(20)29-14-22(24)32(3)31-25/h4-14H,1-3H3,(H2,28,30). The van der Waals surface area contributed by atoms with Crippen molar-refractivity contribution in [3.63, 3.8) is 0 Å². The number of nitrogens with zero attached hydrogens (tertiary/aromatic N) is 5. The number of aryl methyl sites for hydroxylation is 1. The van der Waals surface area contributed by atoms with Crippen molar-refractivity contribution in [2.75, 3.05) is 5.73 Å². The number of aromatic nitrogens is 4. The van der Waals surface area contributed by atoms with Gasteiger partial charge in [0.15, 0.2) is 0 Å². The summed E-state index contributed by atoms with van der Waals surface area (Å²) in [5, 5.41) is 16.3. The van der Waals surface area contributed by atoms with E-state index in [1.807, 2.05) is 74.2 Å². The molecule has 2 aromatic carbocycles. The first-order chi connectivity index (χ1) is 15.4. The number of anilines is 1. The van der Waals surface area contributed by atoms with Crippen molar-refractivity contribution >= 4 is 27.6 Å². The minimum absolute atomic E-state index is 0.496. The van der Waals surface area contributed by atoms with Gasteiger partial charge in [-0.3, -0.25) is 9.67 Å². The summed E-state index contributed by atoms with van der Waals surface area (Å²) < 4.78 is 1.86. The second kappa shape index (κ2) is 7.17. The van der Waals surface area contributed by atoms with Crippen molar-refractivity contribution in [1.29, 1.82) is 5.26 Å². The molecule has 3 heterocycles. The zero-order valence-electron chi connectivity index (χ0n) is 18.2. The van der Waals surface area contributed by atoms with Gasteiger partial charge in [-0.1, -0.05) is 30.3 Å². The van der Waals surface area contributed by atoms with Crippen molar-refractivity contribution in [2.24, 2.45) is 7.05 Å². The summed E-state index contributed by atoms with van der Waals surface area (Å²) in [7, 11) is 1.93. The summed E-state index contributed by atoms with van der Waals surface area (Å²) >= 11 is 0. The topological polar surface area (TPSA) is 93.4 Å². The molecular weight excluding hydrogens is 396 g/mol. The van der Waals surface area contributed by atoms with Crippen LogP contribution in [0.5, 0.6) is 0 Å². The number of pyridine rings is 2. The van der Waals surface area contributed by atoms with E-state index in [9.17, 15) is 5.26 Å². The van der Waals surface area contributed by atoms with E-state index < -0.39 is 5.41 Å². The Morgan fingerprint density at radius 3 is 2.31 bits per heavy atom. The highest BCUT2D eigenvalue weighted by Gasteiger charge is 2.20. The van der Waals surface area contributed by atoms with E-state index in [4.69, 9.17) is 10.8 Å². The molecule has 0 fully saturated rings. The third kappa shape index (κ3) is 3.15. The molecule has 0 spiro atoms. The first kappa shape index (κ1) is 19.7. The predicted octanol–water partition coefficient (Wildman–Crippen LogP) is 5.23. The fourth-order valence-corrected chi connectivity index (χ4v) is 4.00. The molecule has 156 valence electrons. The van der Waals surface area contributed by atoms with E-state index in [1.165, 1.54) is 0 Å². The lowest BCUT2D eigenvalue weighted by molar-refractivity contribution is 0.687. The molecule has 32 heavy (non-hydrogen) atoms. The minimum Gasteiger partial charge on any atom is -0.384 e. The van der Waals surface area contributed by atoms with Gasteiger partial charge in [0, 0.05) is 35.1 Å². The molecule has 5 aromatic rings. The number of nitrogen functional groups attached to an aromatic ring is 1. The number of hydrogen-bond donors (Lipinski definition) is 1. The highest BCUT2D eigenvalue weighted by atomic mass is 15.3. The quantitative estimate of drug-likeness (QED) is 0.433.